The molecule has 0 heterocycles. The molecule has 1 aliphatic rings. The Morgan fingerprint density at radius 1 is 1.28 bits per heavy atom. The highest BCUT2D eigenvalue weighted by atomic mass is 16.5. The van der Waals surface area contributed by atoms with Gasteiger partial charge < -0.3 is 9.64 Å². The molecule has 0 aliphatic heterocycles. The van der Waals surface area contributed by atoms with Gasteiger partial charge in [-0.2, -0.15) is 0 Å². The summed E-state index contributed by atoms with van der Waals surface area (Å²) in [4.78, 5) is 25.9. The Morgan fingerprint density at radius 2 is 1.83 bits per heavy atom. The van der Waals surface area contributed by atoms with Gasteiger partial charge in [0.2, 0.25) is 5.91 Å². The first kappa shape index (κ1) is 15.0. The molecule has 0 saturated heterocycles. The van der Waals surface area contributed by atoms with Gasteiger partial charge in [0.05, 0.1) is 7.11 Å². The molecule has 0 aromatic carbocycles. The quantitative estimate of drug-likeness (QED) is 0.571. The molecule has 4 nitrogen and oxygen atoms in total. The van der Waals surface area contributed by atoms with Crippen molar-refractivity contribution in [2.24, 2.45) is 10.8 Å². The fourth-order valence-corrected chi connectivity index (χ4v) is 2.20. The van der Waals surface area contributed by atoms with Crippen LogP contribution >= 0.6 is 0 Å². The van der Waals surface area contributed by atoms with Crippen LogP contribution in [0.4, 0.5) is 0 Å². The van der Waals surface area contributed by atoms with Crippen molar-refractivity contribution in [1.29, 1.82) is 0 Å². The van der Waals surface area contributed by atoms with Gasteiger partial charge in [0.1, 0.15) is 5.41 Å². The fraction of sp³-hybridized carbons (Fsp3) is 0.857. The molecule has 104 valence electrons. The number of rotatable bonds is 4. The van der Waals surface area contributed by atoms with Crippen LogP contribution in [0, 0.1) is 10.8 Å². The summed E-state index contributed by atoms with van der Waals surface area (Å²) in [6, 6.07) is 0. The number of nitrogens with zero attached hydrogens (tertiary/aromatic N) is 1. The topological polar surface area (TPSA) is 46.6 Å². The van der Waals surface area contributed by atoms with Crippen LogP contribution in [0.2, 0.25) is 0 Å². The Morgan fingerprint density at radius 3 is 2.17 bits per heavy atom. The van der Waals surface area contributed by atoms with E-state index in [1.165, 1.54) is 7.11 Å². The molecule has 18 heavy (non-hydrogen) atoms. The largest absolute Gasteiger partial charge is 0.468 e. The minimum Gasteiger partial charge on any atom is -0.468 e. The molecule has 4 heteroatoms. The highest BCUT2D eigenvalue weighted by Crippen LogP contribution is 2.43. The first-order valence-electron chi connectivity index (χ1n) is 6.57. The van der Waals surface area contributed by atoms with E-state index >= 15 is 0 Å². The van der Waals surface area contributed by atoms with Crippen LogP contribution in [-0.4, -0.2) is 37.5 Å². The van der Waals surface area contributed by atoms with Crippen LogP contribution in [0.15, 0.2) is 0 Å². The normalized spacial score (nSPS) is 17.8. The molecule has 0 unspecified atom stereocenters. The maximum Gasteiger partial charge on any atom is 0.321 e. The number of carbonyl (C=O) groups excluding carboxylic acids is 2. The molecule has 1 amide bonds. The van der Waals surface area contributed by atoms with Crippen molar-refractivity contribution < 1.29 is 14.3 Å². The van der Waals surface area contributed by atoms with Gasteiger partial charge in [0.25, 0.3) is 0 Å². The van der Waals surface area contributed by atoms with E-state index in [0.29, 0.717) is 19.4 Å². The van der Waals surface area contributed by atoms with Crippen LogP contribution < -0.4 is 0 Å². The van der Waals surface area contributed by atoms with Crippen molar-refractivity contribution in [2.45, 2.75) is 46.5 Å². The zero-order valence-electron chi connectivity index (χ0n) is 12.2. The van der Waals surface area contributed by atoms with Crippen LogP contribution in [0.1, 0.15) is 46.5 Å². The summed E-state index contributed by atoms with van der Waals surface area (Å²) in [5.74, 6) is -0.453. The monoisotopic (exact) mass is 255 g/mol. The number of amides is 1. The first-order valence-corrected chi connectivity index (χ1v) is 6.57. The van der Waals surface area contributed by atoms with Crippen molar-refractivity contribution in [3.8, 4) is 0 Å². The summed E-state index contributed by atoms with van der Waals surface area (Å²) in [6.07, 6.45) is 3.09. The lowest BCUT2D eigenvalue weighted by molar-refractivity contribution is -0.169. The van der Waals surface area contributed by atoms with Gasteiger partial charge in [-0.25, -0.2) is 0 Å². The van der Waals surface area contributed by atoms with Crippen LogP contribution in [0.25, 0.3) is 0 Å². The van der Waals surface area contributed by atoms with Gasteiger partial charge in [-0.3, -0.25) is 9.59 Å². The van der Waals surface area contributed by atoms with E-state index in [4.69, 9.17) is 4.74 Å². The predicted molar refractivity (Wildman–Crippen MR) is 70.0 cm³/mol. The van der Waals surface area contributed by atoms with Crippen molar-refractivity contribution in [3.05, 3.63) is 0 Å². The fourth-order valence-electron chi connectivity index (χ4n) is 2.20. The van der Waals surface area contributed by atoms with Crippen molar-refractivity contribution in [3.63, 3.8) is 0 Å². The lowest BCUT2D eigenvalue weighted by Crippen LogP contribution is -2.52. The van der Waals surface area contributed by atoms with E-state index in [2.05, 4.69) is 20.8 Å². The van der Waals surface area contributed by atoms with Gasteiger partial charge >= 0.3 is 5.97 Å². The molecule has 1 aliphatic carbocycles. The number of carbonyl (C=O) groups is 2. The summed E-state index contributed by atoms with van der Waals surface area (Å²) < 4.78 is 4.79. The number of ether oxygens (including phenoxy) is 1. The summed E-state index contributed by atoms with van der Waals surface area (Å²) in [6.45, 7) is 7.11. The van der Waals surface area contributed by atoms with E-state index < -0.39 is 5.41 Å². The minimum atomic E-state index is -0.888. The third kappa shape index (κ3) is 3.03. The highest BCUT2D eigenvalue weighted by Gasteiger charge is 2.53. The zero-order valence-corrected chi connectivity index (χ0v) is 12.2. The third-order valence-corrected chi connectivity index (χ3v) is 3.74. The Labute approximate surface area is 110 Å². The number of hydrogen-bond donors (Lipinski definition) is 0. The number of hydrogen-bond acceptors (Lipinski definition) is 3. The molecule has 0 bridgehead atoms. The maximum atomic E-state index is 12.4. The third-order valence-electron chi connectivity index (χ3n) is 3.74. The minimum absolute atomic E-state index is 0.0788. The summed E-state index contributed by atoms with van der Waals surface area (Å²) in [7, 11) is 3.13. The Hall–Kier alpha value is -1.06. The van der Waals surface area contributed by atoms with Gasteiger partial charge in [0, 0.05) is 13.6 Å². The summed E-state index contributed by atoms with van der Waals surface area (Å²) in [5, 5.41) is 0. The lowest BCUT2D eigenvalue weighted by Gasteiger charge is -2.40. The van der Waals surface area contributed by atoms with E-state index in [1.54, 1.807) is 11.9 Å². The average molecular weight is 255 g/mol. The molecule has 1 saturated carbocycles. The Balaban J connectivity index is 2.65. The molecule has 0 aromatic rings. The lowest BCUT2D eigenvalue weighted by atomic mass is 9.67. The molecule has 0 atom stereocenters. The van der Waals surface area contributed by atoms with Gasteiger partial charge in [0.15, 0.2) is 0 Å². The smallest absolute Gasteiger partial charge is 0.321 e. The van der Waals surface area contributed by atoms with Gasteiger partial charge in [-0.05, 0) is 24.7 Å². The van der Waals surface area contributed by atoms with Crippen molar-refractivity contribution in [1.82, 2.24) is 4.90 Å². The van der Waals surface area contributed by atoms with E-state index in [-0.39, 0.29) is 17.3 Å². The van der Waals surface area contributed by atoms with E-state index in [0.717, 1.165) is 12.8 Å². The molecular formula is C14H25NO3. The molecule has 1 rings (SSSR count). The standard InChI is InChI=1S/C14H25NO3/c1-13(2,3)9-10-15(4)11(16)14(7-6-8-14)12(17)18-5/h6-10H2,1-5H3. The first-order chi connectivity index (χ1) is 8.23. The average Bonchev–Trinajstić information content (AvgIpc) is 2.22. The van der Waals surface area contributed by atoms with Crippen LogP contribution in [0.3, 0.4) is 0 Å². The highest BCUT2D eigenvalue weighted by molar-refractivity contribution is 6.03. The molecule has 0 radical (unpaired) electrons. The van der Waals surface area contributed by atoms with Crippen LogP contribution in [0.5, 0.6) is 0 Å². The maximum absolute atomic E-state index is 12.4. The second kappa shape index (κ2) is 5.29. The van der Waals surface area contributed by atoms with Gasteiger partial charge in [-0.15, -0.1) is 0 Å². The molecule has 1 fully saturated rings. The zero-order chi connectivity index (χ0) is 14.0. The molecular weight excluding hydrogens is 230 g/mol. The second-order valence-electron chi connectivity index (χ2n) is 6.46. The van der Waals surface area contributed by atoms with Crippen molar-refractivity contribution >= 4 is 11.9 Å². The molecule has 0 N–H and O–H groups in total. The van der Waals surface area contributed by atoms with Crippen LogP contribution in [-0.2, 0) is 14.3 Å². The van der Waals surface area contributed by atoms with Crippen molar-refractivity contribution in [2.75, 3.05) is 20.7 Å². The van der Waals surface area contributed by atoms with E-state index in [1.807, 2.05) is 0 Å². The number of esters is 1. The number of methoxy groups -OCH3 is 1. The summed E-state index contributed by atoms with van der Waals surface area (Å²) in [5.41, 5.74) is -0.700. The second-order valence-corrected chi connectivity index (χ2v) is 6.46. The predicted octanol–water partition coefficient (Wildman–Crippen LogP) is 2.22. The molecule has 0 spiro atoms. The summed E-state index contributed by atoms with van der Waals surface area (Å²) >= 11 is 0. The Kier molecular flexibility index (Phi) is 4.41. The van der Waals surface area contributed by atoms with E-state index in [9.17, 15) is 9.59 Å². The van der Waals surface area contributed by atoms with Gasteiger partial charge in [-0.1, -0.05) is 27.2 Å². The SMILES string of the molecule is COC(=O)C1(C(=O)N(C)CCC(C)(C)C)CCC1. The molecule has 0 aromatic heterocycles. The Bertz CT molecular complexity index is 326.